The second kappa shape index (κ2) is 4.74. The second-order valence-corrected chi connectivity index (χ2v) is 5.13. The molecule has 1 heterocycles. The molecular formula is C19H12O3. The van der Waals surface area contributed by atoms with Crippen LogP contribution in [0.3, 0.4) is 0 Å². The fourth-order valence-corrected chi connectivity index (χ4v) is 2.87. The van der Waals surface area contributed by atoms with E-state index in [4.69, 9.17) is 4.42 Å². The second-order valence-electron chi connectivity index (χ2n) is 5.13. The van der Waals surface area contributed by atoms with Gasteiger partial charge in [-0.25, -0.2) is 4.79 Å². The average molecular weight is 288 g/mol. The third kappa shape index (κ3) is 1.79. The molecule has 0 aliphatic carbocycles. The minimum atomic E-state index is -0.979. The summed E-state index contributed by atoms with van der Waals surface area (Å²) in [7, 11) is 0. The number of furan rings is 1. The quantitative estimate of drug-likeness (QED) is 0.567. The first-order valence-electron chi connectivity index (χ1n) is 6.98. The lowest BCUT2D eigenvalue weighted by Gasteiger charge is -2.05. The highest BCUT2D eigenvalue weighted by atomic mass is 16.4. The third-order valence-electron chi connectivity index (χ3n) is 3.84. The lowest BCUT2D eigenvalue weighted by molar-refractivity contribution is 0.0699. The van der Waals surface area contributed by atoms with E-state index in [1.807, 2.05) is 54.6 Å². The molecule has 0 amide bonds. The van der Waals surface area contributed by atoms with Crippen LogP contribution in [-0.4, -0.2) is 11.1 Å². The standard InChI is InChI=1S/C19H12O3/c20-19(21)17-15-9-3-4-11-16(15)22-18(17)14-10-5-7-12-6-1-2-8-13(12)14/h1-11H,(H,20,21). The normalized spacial score (nSPS) is 11.1. The summed E-state index contributed by atoms with van der Waals surface area (Å²) >= 11 is 0. The Hall–Kier alpha value is -3.07. The van der Waals surface area contributed by atoms with Crippen molar-refractivity contribution >= 4 is 27.7 Å². The number of para-hydroxylation sites is 1. The molecular weight excluding hydrogens is 276 g/mol. The molecule has 0 saturated heterocycles. The van der Waals surface area contributed by atoms with Crippen LogP contribution in [0.2, 0.25) is 0 Å². The summed E-state index contributed by atoms with van der Waals surface area (Å²) in [6.45, 7) is 0. The van der Waals surface area contributed by atoms with Gasteiger partial charge in [0.05, 0.1) is 0 Å². The fraction of sp³-hybridized carbons (Fsp3) is 0. The highest BCUT2D eigenvalue weighted by Crippen LogP contribution is 2.37. The van der Waals surface area contributed by atoms with Crippen molar-refractivity contribution in [2.24, 2.45) is 0 Å². The summed E-state index contributed by atoms with van der Waals surface area (Å²) in [5.41, 5.74) is 1.60. The Labute approximate surface area is 126 Å². The molecule has 1 N–H and O–H groups in total. The minimum absolute atomic E-state index is 0.215. The van der Waals surface area contributed by atoms with Crippen molar-refractivity contribution in [2.45, 2.75) is 0 Å². The minimum Gasteiger partial charge on any atom is -0.478 e. The number of fused-ring (bicyclic) bond motifs is 2. The number of benzene rings is 3. The molecule has 0 bridgehead atoms. The monoisotopic (exact) mass is 288 g/mol. The van der Waals surface area contributed by atoms with E-state index >= 15 is 0 Å². The molecule has 22 heavy (non-hydrogen) atoms. The Morgan fingerprint density at radius 2 is 1.50 bits per heavy atom. The summed E-state index contributed by atoms with van der Waals surface area (Å²) in [6.07, 6.45) is 0. The predicted octanol–water partition coefficient (Wildman–Crippen LogP) is 4.95. The number of aromatic carboxylic acids is 1. The molecule has 0 aliphatic heterocycles. The molecule has 3 nitrogen and oxygen atoms in total. The first-order chi connectivity index (χ1) is 10.8. The Bertz CT molecular complexity index is 1010. The number of carbonyl (C=O) groups is 1. The molecule has 0 unspecified atom stereocenters. The summed E-state index contributed by atoms with van der Waals surface area (Å²) in [4.78, 5) is 11.7. The van der Waals surface area contributed by atoms with E-state index in [0.717, 1.165) is 16.3 Å². The summed E-state index contributed by atoms with van der Waals surface area (Å²) in [6, 6.07) is 20.9. The van der Waals surface area contributed by atoms with Gasteiger partial charge >= 0.3 is 5.97 Å². The van der Waals surface area contributed by atoms with E-state index in [0.29, 0.717) is 16.7 Å². The number of rotatable bonds is 2. The van der Waals surface area contributed by atoms with Crippen LogP contribution in [-0.2, 0) is 0 Å². The lowest BCUT2D eigenvalue weighted by atomic mass is 9.99. The highest BCUT2D eigenvalue weighted by Gasteiger charge is 2.22. The number of hydrogen-bond acceptors (Lipinski definition) is 2. The zero-order valence-corrected chi connectivity index (χ0v) is 11.6. The first kappa shape index (κ1) is 12.7. The van der Waals surface area contributed by atoms with Gasteiger partial charge < -0.3 is 9.52 Å². The largest absolute Gasteiger partial charge is 0.478 e. The molecule has 1 aromatic heterocycles. The van der Waals surface area contributed by atoms with E-state index in [2.05, 4.69) is 0 Å². The number of carboxylic acid groups (broad SMARTS) is 1. The Kier molecular flexibility index (Phi) is 2.73. The molecule has 0 atom stereocenters. The van der Waals surface area contributed by atoms with E-state index < -0.39 is 5.97 Å². The van der Waals surface area contributed by atoms with Gasteiger partial charge in [0.25, 0.3) is 0 Å². The molecule has 0 spiro atoms. The van der Waals surface area contributed by atoms with Crippen molar-refractivity contribution in [1.29, 1.82) is 0 Å². The van der Waals surface area contributed by atoms with Crippen molar-refractivity contribution < 1.29 is 14.3 Å². The van der Waals surface area contributed by atoms with Gasteiger partial charge in [0.1, 0.15) is 11.1 Å². The van der Waals surface area contributed by atoms with Crippen molar-refractivity contribution in [3.8, 4) is 11.3 Å². The first-order valence-corrected chi connectivity index (χ1v) is 6.98. The molecule has 0 aliphatic rings. The van der Waals surface area contributed by atoms with Gasteiger partial charge in [-0.1, -0.05) is 60.7 Å². The summed E-state index contributed by atoms with van der Waals surface area (Å²) in [5, 5.41) is 12.3. The molecule has 3 heteroatoms. The van der Waals surface area contributed by atoms with Crippen LogP contribution in [0.15, 0.2) is 71.1 Å². The van der Waals surface area contributed by atoms with E-state index in [1.54, 1.807) is 12.1 Å². The van der Waals surface area contributed by atoms with Crippen LogP contribution >= 0.6 is 0 Å². The van der Waals surface area contributed by atoms with Gasteiger partial charge in [0, 0.05) is 10.9 Å². The smallest absolute Gasteiger partial charge is 0.340 e. The predicted molar refractivity (Wildman–Crippen MR) is 86.1 cm³/mol. The van der Waals surface area contributed by atoms with Gasteiger partial charge in [0.2, 0.25) is 0 Å². The van der Waals surface area contributed by atoms with Gasteiger partial charge in [0.15, 0.2) is 5.76 Å². The van der Waals surface area contributed by atoms with Gasteiger partial charge in [-0.15, -0.1) is 0 Å². The van der Waals surface area contributed by atoms with Gasteiger partial charge in [-0.3, -0.25) is 0 Å². The topological polar surface area (TPSA) is 50.4 Å². The van der Waals surface area contributed by atoms with Crippen LogP contribution in [0.25, 0.3) is 33.1 Å². The van der Waals surface area contributed by atoms with Crippen LogP contribution in [0.1, 0.15) is 10.4 Å². The maximum absolute atomic E-state index is 11.7. The molecule has 0 radical (unpaired) electrons. The number of hydrogen-bond donors (Lipinski definition) is 1. The van der Waals surface area contributed by atoms with Crippen LogP contribution in [0.4, 0.5) is 0 Å². The SMILES string of the molecule is O=C(O)c1c(-c2cccc3ccccc23)oc2ccccc12. The lowest BCUT2D eigenvalue weighted by Crippen LogP contribution is -1.97. The van der Waals surface area contributed by atoms with E-state index in [-0.39, 0.29) is 5.56 Å². The fourth-order valence-electron chi connectivity index (χ4n) is 2.87. The molecule has 106 valence electrons. The highest BCUT2D eigenvalue weighted by molar-refractivity contribution is 6.10. The summed E-state index contributed by atoms with van der Waals surface area (Å²) in [5.74, 6) is -0.571. The van der Waals surface area contributed by atoms with E-state index in [9.17, 15) is 9.90 Å². The Morgan fingerprint density at radius 3 is 2.32 bits per heavy atom. The average Bonchev–Trinajstić information content (AvgIpc) is 2.93. The molecule has 3 aromatic carbocycles. The molecule has 4 rings (SSSR count). The van der Waals surface area contributed by atoms with Crippen LogP contribution < -0.4 is 0 Å². The number of carboxylic acids is 1. The van der Waals surface area contributed by atoms with Crippen molar-refractivity contribution in [3.63, 3.8) is 0 Å². The molecule has 4 aromatic rings. The molecule has 0 fully saturated rings. The summed E-state index contributed by atoms with van der Waals surface area (Å²) < 4.78 is 5.87. The molecule has 0 saturated carbocycles. The maximum Gasteiger partial charge on any atom is 0.340 e. The van der Waals surface area contributed by atoms with Crippen molar-refractivity contribution in [2.75, 3.05) is 0 Å². The van der Waals surface area contributed by atoms with Crippen molar-refractivity contribution in [1.82, 2.24) is 0 Å². The Balaban J connectivity index is 2.13. The van der Waals surface area contributed by atoms with Gasteiger partial charge in [-0.2, -0.15) is 0 Å². The zero-order valence-electron chi connectivity index (χ0n) is 11.6. The van der Waals surface area contributed by atoms with Crippen LogP contribution in [0.5, 0.6) is 0 Å². The Morgan fingerprint density at radius 1 is 0.818 bits per heavy atom. The maximum atomic E-state index is 11.7. The van der Waals surface area contributed by atoms with Crippen molar-refractivity contribution in [3.05, 3.63) is 72.3 Å². The third-order valence-corrected chi connectivity index (χ3v) is 3.84. The van der Waals surface area contributed by atoms with Gasteiger partial charge in [-0.05, 0) is 16.8 Å². The van der Waals surface area contributed by atoms with Crippen LogP contribution in [0, 0.1) is 0 Å². The van der Waals surface area contributed by atoms with E-state index in [1.165, 1.54) is 0 Å². The zero-order chi connectivity index (χ0) is 15.1.